The first-order valence-electron chi connectivity index (χ1n) is 11.1. The molecule has 0 radical (unpaired) electrons. The molecule has 0 aliphatic carbocycles. The average molecular weight is 532 g/mol. The number of hydrogen-bond acceptors (Lipinski definition) is 7. The molecule has 3 rings (SSSR count). The lowest BCUT2D eigenvalue weighted by Crippen LogP contribution is -2.35. The summed E-state index contributed by atoms with van der Waals surface area (Å²) in [4.78, 5) is 12.3. The number of methoxy groups -OCH3 is 1. The van der Waals surface area contributed by atoms with Crippen LogP contribution in [0.25, 0.3) is 17.2 Å². The van der Waals surface area contributed by atoms with Crippen molar-refractivity contribution in [2.75, 3.05) is 11.8 Å². The Morgan fingerprint density at radius 3 is 2.38 bits per heavy atom. The number of hydrogen-bond donors (Lipinski definition) is 1. The van der Waals surface area contributed by atoms with Crippen molar-refractivity contribution in [2.45, 2.75) is 32.9 Å². The minimum absolute atomic E-state index is 0.111. The second-order valence-corrected chi connectivity index (χ2v) is 10.3. The highest BCUT2D eigenvalue weighted by atomic mass is 32.2. The Labute approximate surface area is 213 Å². The maximum absolute atomic E-state index is 14.9. The molecule has 0 saturated carbocycles. The van der Waals surface area contributed by atoms with Gasteiger partial charge in [0.25, 0.3) is 0 Å². The van der Waals surface area contributed by atoms with Crippen LogP contribution in [0.2, 0.25) is 0 Å². The number of nitrogens with one attached hydrogen (secondary N) is 1. The molecule has 0 amide bonds. The van der Waals surface area contributed by atoms with E-state index in [0.29, 0.717) is 0 Å². The molecule has 0 saturated heterocycles. The van der Waals surface area contributed by atoms with Crippen LogP contribution in [0.3, 0.4) is 0 Å². The lowest BCUT2D eigenvalue weighted by atomic mass is 10.1. The van der Waals surface area contributed by atoms with E-state index in [9.17, 15) is 17.2 Å². The molecular weight excluding hydrogens is 504 g/mol. The summed E-state index contributed by atoms with van der Waals surface area (Å²) in [6.07, 6.45) is 1.55. The highest BCUT2D eigenvalue weighted by molar-refractivity contribution is 7.93. The zero-order valence-electron chi connectivity index (χ0n) is 21.0. The fraction of sp³-hybridized carbons (Fsp3) is 0.292. The van der Waals surface area contributed by atoms with Crippen molar-refractivity contribution in [3.05, 3.63) is 59.8 Å². The van der Waals surface area contributed by atoms with Crippen LogP contribution < -0.4 is 9.46 Å². The van der Waals surface area contributed by atoms with Crippen LogP contribution in [-0.4, -0.2) is 53.1 Å². The summed E-state index contributed by atoms with van der Waals surface area (Å²) in [7, 11) is -2.79. The van der Waals surface area contributed by atoms with Crippen molar-refractivity contribution in [2.24, 2.45) is 15.9 Å². The van der Waals surface area contributed by atoms with Gasteiger partial charge in [-0.2, -0.15) is 0 Å². The van der Waals surface area contributed by atoms with Gasteiger partial charge in [-0.3, -0.25) is 9.29 Å². The van der Waals surface area contributed by atoms with E-state index in [-0.39, 0.29) is 23.2 Å². The third-order valence-corrected chi connectivity index (χ3v) is 7.29. The molecule has 0 bridgehead atoms. The quantitative estimate of drug-likeness (QED) is 0.322. The fourth-order valence-electron chi connectivity index (χ4n) is 3.28. The van der Waals surface area contributed by atoms with Crippen LogP contribution in [0.1, 0.15) is 27.7 Å². The number of allylic oxidation sites excluding steroid dienone is 1. The molecule has 196 valence electrons. The Balaban J connectivity index is 2.12. The number of benzene rings is 1. The van der Waals surface area contributed by atoms with E-state index in [1.54, 1.807) is 25.3 Å². The molecule has 0 fully saturated rings. The fourth-order valence-corrected chi connectivity index (χ4v) is 4.51. The molecule has 10 nitrogen and oxygen atoms in total. The van der Waals surface area contributed by atoms with E-state index in [1.165, 1.54) is 26.2 Å². The Bertz CT molecular complexity index is 1440. The van der Waals surface area contributed by atoms with Crippen molar-refractivity contribution in [3.8, 4) is 23.1 Å². The average Bonchev–Trinajstić information content (AvgIpc) is 3.25. The van der Waals surface area contributed by atoms with Crippen LogP contribution >= 0.6 is 0 Å². The van der Waals surface area contributed by atoms with Gasteiger partial charge in [-0.15, -0.1) is 10.2 Å². The molecule has 2 heterocycles. The molecule has 13 heteroatoms. The van der Waals surface area contributed by atoms with E-state index >= 15 is 0 Å². The van der Waals surface area contributed by atoms with Gasteiger partial charge in [0.2, 0.25) is 21.9 Å². The number of nitrogens with zero attached hydrogens (tertiary/aromatic N) is 6. The standard InChI is InChI=1S/C24H27F2N7O3S/c1-14(2)13-28-22(27-5)15(3)16(4)37(34,35)32-24-31-30-23(19-11-8-12-20(29-19)36-6)33(24)21-17(25)9-7-10-18(21)26/h7-13,15-16H,5H2,1-4,6H3,(H,31,32)/b28-22-/t15-,16-/m0/s1. The maximum Gasteiger partial charge on any atom is 0.243 e. The molecule has 0 aliphatic heterocycles. The van der Waals surface area contributed by atoms with E-state index in [1.807, 2.05) is 13.8 Å². The van der Waals surface area contributed by atoms with Crippen molar-refractivity contribution in [1.82, 2.24) is 19.7 Å². The molecule has 3 aromatic rings. The highest BCUT2D eigenvalue weighted by Crippen LogP contribution is 2.30. The number of aromatic nitrogens is 4. The lowest BCUT2D eigenvalue weighted by molar-refractivity contribution is 0.398. The van der Waals surface area contributed by atoms with Gasteiger partial charge in [-0.1, -0.05) is 24.6 Å². The molecule has 2 aromatic heterocycles. The Morgan fingerprint density at radius 2 is 1.78 bits per heavy atom. The molecule has 0 spiro atoms. The molecular formula is C24H27F2N7O3S. The van der Waals surface area contributed by atoms with Gasteiger partial charge >= 0.3 is 0 Å². The van der Waals surface area contributed by atoms with Crippen LogP contribution in [0, 0.1) is 17.6 Å². The molecule has 0 aliphatic rings. The number of pyridine rings is 1. The number of ether oxygens (including phenoxy) is 1. The molecule has 37 heavy (non-hydrogen) atoms. The van der Waals surface area contributed by atoms with Crippen molar-refractivity contribution in [1.29, 1.82) is 0 Å². The monoisotopic (exact) mass is 531 g/mol. The van der Waals surface area contributed by atoms with E-state index in [0.717, 1.165) is 22.3 Å². The third-order valence-electron chi connectivity index (χ3n) is 5.44. The van der Waals surface area contributed by atoms with Crippen LogP contribution in [0.5, 0.6) is 5.88 Å². The number of rotatable bonds is 9. The first-order chi connectivity index (χ1) is 17.5. The minimum Gasteiger partial charge on any atom is -0.481 e. The summed E-state index contributed by atoms with van der Waals surface area (Å²) in [5.74, 6) is -2.73. The topological polar surface area (TPSA) is 124 Å². The zero-order chi connectivity index (χ0) is 27.3. The van der Waals surface area contributed by atoms with Crippen molar-refractivity contribution >= 4 is 28.5 Å². The summed E-state index contributed by atoms with van der Waals surface area (Å²) in [6.45, 7) is 10.2. The predicted octanol–water partition coefficient (Wildman–Crippen LogP) is 4.41. The highest BCUT2D eigenvalue weighted by Gasteiger charge is 2.32. The molecule has 1 N–H and O–H groups in total. The van der Waals surface area contributed by atoms with E-state index in [2.05, 4.69) is 36.6 Å². The number of halogens is 2. The van der Waals surface area contributed by atoms with Gasteiger partial charge in [0.05, 0.1) is 12.4 Å². The zero-order valence-corrected chi connectivity index (χ0v) is 21.8. The number of sulfonamides is 1. The number of amidine groups is 1. The number of aliphatic imine (C=N–C) groups is 2. The summed E-state index contributed by atoms with van der Waals surface area (Å²) in [6, 6.07) is 7.94. The van der Waals surface area contributed by atoms with Gasteiger partial charge < -0.3 is 4.74 Å². The molecule has 1 aromatic carbocycles. The van der Waals surface area contributed by atoms with Gasteiger partial charge in [0, 0.05) is 18.2 Å². The minimum atomic E-state index is -4.20. The maximum atomic E-state index is 14.9. The van der Waals surface area contributed by atoms with Crippen molar-refractivity contribution < 1.29 is 21.9 Å². The van der Waals surface area contributed by atoms with Gasteiger partial charge in [-0.25, -0.2) is 32.2 Å². The number of anilines is 1. The largest absolute Gasteiger partial charge is 0.481 e. The summed E-state index contributed by atoms with van der Waals surface area (Å²) >= 11 is 0. The Hall–Kier alpha value is -4.00. The predicted molar refractivity (Wildman–Crippen MR) is 139 cm³/mol. The van der Waals surface area contributed by atoms with Gasteiger partial charge in [0.15, 0.2) is 5.82 Å². The van der Waals surface area contributed by atoms with E-state index < -0.39 is 44.5 Å². The van der Waals surface area contributed by atoms with Gasteiger partial charge in [-0.05, 0) is 45.7 Å². The Morgan fingerprint density at radius 1 is 1.14 bits per heavy atom. The normalized spacial score (nSPS) is 13.5. The summed E-state index contributed by atoms with van der Waals surface area (Å²) < 4.78 is 64.8. The molecule has 0 unspecified atom stereocenters. The molecule has 2 atom stereocenters. The van der Waals surface area contributed by atoms with Crippen LogP contribution in [0.4, 0.5) is 14.7 Å². The van der Waals surface area contributed by atoms with Crippen molar-refractivity contribution in [3.63, 3.8) is 0 Å². The van der Waals surface area contributed by atoms with E-state index in [4.69, 9.17) is 4.74 Å². The summed E-state index contributed by atoms with van der Waals surface area (Å²) in [5.41, 5.74) is 0.457. The summed E-state index contributed by atoms with van der Waals surface area (Å²) in [5, 5.41) is 6.79. The lowest BCUT2D eigenvalue weighted by Gasteiger charge is -2.21. The van der Waals surface area contributed by atoms with Gasteiger partial charge in [0.1, 0.15) is 28.9 Å². The first-order valence-corrected chi connectivity index (χ1v) is 12.7. The first kappa shape index (κ1) is 27.6. The second kappa shape index (κ2) is 11.4. The van der Waals surface area contributed by atoms with Crippen LogP contribution in [-0.2, 0) is 10.0 Å². The van der Waals surface area contributed by atoms with Crippen LogP contribution in [0.15, 0.2) is 58.2 Å². The SMILES string of the molecule is C=N/C(=N\C=C(C)C)[C@@H](C)[C@H](C)S(=O)(=O)Nc1nnc(-c2cccc(OC)n2)n1-c1c(F)cccc1F. The number of para-hydroxylation sites is 1. The third kappa shape index (κ3) is 6.05. The Kier molecular flexibility index (Phi) is 8.48. The smallest absolute Gasteiger partial charge is 0.243 e. The second-order valence-electron chi connectivity index (χ2n) is 8.31.